The molecule has 2 amide bonds. The summed E-state index contributed by atoms with van der Waals surface area (Å²) < 4.78 is 5.50. The van der Waals surface area contributed by atoms with Gasteiger partial charge < -0.3 is 20.3 Å². The molecule has 1 saturated carbocycles. The first kappa shape index (κ1) is 19.5. The fourth-order valence-electron chi connectivity index (χ4n) is 3.56. The predicted molar refractivity (Wildman–Crippen MR) is 121 cm³/mol. The van der Waals surface area contributed by atoms with Gasteiger partial charge in [-0.2, -0.15) is 0 Å². The molecule has 2 heterocycles. The van der Waals surface area contributed by atoms with Gasteiger partial charge in [-0.05, 0) is 25.0 Å². The summed E-state index contributed by atoms with van der Waals surface area (Å²) in [4.78, 5) is 23.9. The minimum atomic E-state index is -0.154. The number of hydrogen-bond donors (Lipinski definition) is 2. The van der Waals surface area contributed by atoms with Crippen molar-refractivity contribution in [1.29, 1.82) is 0 Å². The Kier molecular flexibility index (Phi) is 5.50. The van der Waals surface area contributed by atoms with Crippen LogP contribution in [-0.4, -0.2) is 48.3 Å². The Morgan fingerprint density at radius 3 is 2.39 bits per heavy atom. The zero-order valence-corrected chi connectivity index (χ0v) is 17.3. The van der Waals surface area contributed by atoms with Gasteiger partial charge >= 0.3 is 6.03 Å². The van der Waals surface area contributed by atoms with Crippen LogP contribution in [0.2, 0.25) is 0 Å². The molecule has 2 fully saturated rings. The first-order valence-electron chi connectivity index (χ1n) is 10.7. The number of carbonyl (C=O) groups is 1. The summed E-state index contributed by atoms with van der Waals surface area (Å²) in [6.07, 6.45) is 2.13. The van der Waals surface area contributed by atoms with Crippen molar-refractivity contribution in [3.05, 3.63) is 60.7 Å². The van der Waals surface area contributed by atoms with Gasteiger partial charge in [0.15, 0.2) is 5.82 Å². The highest BCUT2D eigenvalue weighted by molar-refractivity contribution is 5.90. The van der Waals surface area contributed by atoms with Crippen molar-refractivity contribution in [2.24, 2.45) is 0 Å². The van der Waals surface area contributed by atoms with Crippen LogP contribution in [0.15, 0.2) is 60.7 Å². The average molecular weight is 415 g/mol. The molecule has 1 aromatic heterocycles. The molecule has 1 aliphatic carbocycles. The Bertz CT molecular complexity index is 1050. The first-order valence-corrected chi connectivity index (χ1v) is 10.7. The highest BCUT2D eigenvalue weighted by atomic mass is 16.5. The number of nitrogens with one attached hydrogen (secondary N) is 2. The van der Waals surface area contributed by atoms with Crippen LogP contribution < -0.4 is 15.5 Å². The number of aromatic nitrogens is 2. The second kappa shape index (κ2) is 8.73. The lowest BCUT2D eigenvalue weighted by Gasteiger charge is -2.28. The van der Waals surface area contributed by atoms with Crippen LogP contribution in [0, 0.1) is 0 Å². The van der Waals surface area contributed by atoms with Crippen LogP contribution in [-0.2, 0) is 4.74 Å². The third kappa shape index (κ3) is 4.83. The molecule has 1 aliphatic heterocycles. The van der Waals surface area contributed by atoms with E-state index in [0.29, 0.717) is 25.1 Å². The van der Waals surface area contributed by atoms with E-state index in [-0.39, 0.29) is 6.03 Å². The number of nitrogens with zero attached hydrogens (tertiary/aromatic N) is 3. The summed E-state index contributed by atoms with van der Waals surface area (Å²) in [6.45, 7) is 3.01. The van der Waals surface area contributed by atoms with Gasteiger partial charge in [0.1, 0.15) is 5.82 Å². The molecule has 7 heteroatoms. The topological polar surface area (TPSA) is 79.4 Å². The number of benzene rings is 2. The summed E-state index contributed by atoms with van der Waals surface area (Å²) in [5, 5.41) is 5.82. The quantitative estimate of drug-likeness (QED) is 0.660. The highest BCUT2D eigenvalue weighted by Crippen LogP contribution is 2.27. The maximum absolute atomic E-state index is 12.0. The SMILES string of the molecule is O=C(Nc1ccc(-c2cc(N3CCOCC3)nc(-c3ccccc3)n2)cc1)NC1CC1. The van der Waals surface area contributed by atoms with Crippen molar-refractivity contribution in [3.8, 4) is 22.6 Å². The Morgan fingerprint density at radius 1 is 0.935 bits per heavy atom. The number of hydrogen-bond acceptors (Lipinski definition) is 5. The van der Waals surface area contributed by atoms with E-state index in [9.17, 15) is 4.79 Å². The number of anilines is 2. The molecule has 31 heavy (non-hydrogen) atoms. The molecule has 0 unspecified atom stereocenters. The van der Waals surface area contributed by atoms with Crippen LogP contribution in [0.5, 0.6) is 0 Å². The van der Waals surface area contributed by atoms with Gasteiger partial charge in [0.2, 0.25) is 0 Å². The Balaban J connectivity index is 1.43. The lowest BCUT2D eigenvalue weighted by molar-refractivity contribution is 0.122. The summed E-state index contributed by atoms with van der Waals surface area (Å²) >= 11 is 0. The lowest BCUT2D eigenvalue weighted by Crippen LogP contribution is -2.36. The zero-order valence-electron chi connectivity index (χ0n) is 17.3. The van der Waals surface area contributed by atoms with E-state index in [1.54, 1.807) is 0 Å². The summed E-state index contributed by atoms with van der Waals surface area (Å²) in [7, 11) is 0. The number of carbonyl (C=O) groups excluding carboxylic acids is 1. The Labute approximate surface area is 181 Å². The molecule has 7 nitrogen and oxygen atoms in total. The first-order chi connectivity index (χ1) is 15.2. The Morgan fingerprint density at radius 2 is 1.68 bits per heavy atom. The molecule has 158 valence electrons. The van der Waals surface area contributed by atoms with E-state index in [0.717, 1.165) is 54.3 Å². The highest BCUT2D eigenvalue weighted by Gasteiger charge is 2.23. The van der Waals surface area contributed by atoms with Crippen LogP contribution in [0.25, 0.3) is 22.6 Å². The summed E-state index contributed by atoms with van der Waals surface area (Å²) in [5.74, 6) is 1.60. The summed E-state index contributed by atoms with van der Waals surface area (Å²) in [6, 6.07) is 20.0. The molecule has 3 aromatic rings. The lowest BCUT2D eigenvalue weighted by atomic mass is 10.1. The monoisotopic (exact) mass is 415 g/mol. The molecule has 1 saturated heterocycles. The molecule has 0 spiro atoms. The number of amides is 2. The average Bonchev–Trinajstić information content (AvgIpc) is 3.64. The van der Waals surface area contributed by atoms with Crippen molar-refractivity contribution >= 4 is 17.5 Å². The smallest absolute Gasteiger partial charge is 0.319 e. The van der Waals surface area contributed by atoms with Crippen LogP contribution in [0.1, 0.15) is 12.8 Å². The number of urea groups is 1. The second-order valence-electron chi connectivity index (χ2n) is 7.85. The summed E-state index contributed by atoms with van der Waals surface area (Å²) in [5.41, 5.74) is 3.56. The maximum Gasteiger partial charge on any atom is 0.319 e. The molecular weight excluding hydrogens is 390 g/mol. The van der Waals surface area contributed by atoms with Crippen LogP contribution >= 0.6 is 0 Å². The van der Waals surface area contributed by atoms with Gasteiger partial charge in [-0.1, -0.05) is 42.5 Å². The minimum absolute atomic E-state index is 0.154. The third-order valence-corrected chi connectivity index (χ3v) is 5.43. The van der Waals surface area contributed by atoms with Crippen molar-refractivity contribution in [3.63, 3.8) is 0 Å². The Hall–Kier alpha value is -3.45. The molecule has 2 aliphatic rings. The standard InChI is InChI=1S/C24H25N5O2/c30-24(26-20-10-11-20)25-19-8-6-17(7-9-19)21-16-22(29-12-14-31-15-13-29)28-23(27-21)18-4-2-1-3-5-18/h1-9,16,20H,10-15H2,(H2,25,26,30). The number of morpholine rings is 1. The fraction of sp³-hybridized carbons (Fsp3) is 0.292. The van der Waals surface area contributed by atoms with Gasteiger partial charge in [-0.15, -0.1) is 0 Å². The number of rotatable bonds is 5. The maximum atomic E-state index is 12.0. The minimum Gasteiger partial charge on any atom is -0.378 e. The van der Waals surface area contributed by atoms with Crippen molar-refractivity contribution < 1.29 is 9.53 Å². The van der Waals surface area contributed by atoms with Gasteiger partial charge in [0.25, 0.3) is 0 Å². The molecule has 2 N–H and O–H groups in total. The molecular formula is C24H25N5O2. The van der Waals surface area contributed by atoms with E-state index in [4.69, 9.17) is 14.7 Å². The van der Waals surface area contributed by atoms with Crippen molar-refractivity contribution in [2.45, 2.75) is 18.9 Å². The molecule has 5 rings (SSSR count). The molecule has 0 atom stereocenters. The van der Waals surface area contributed by atoms with Gasteiger partial charge in [-0.3, -0.25) is 0 Å². The third-order valence-electron chi connectivity index (χ3n) is 5.43. The van der Waals surface area contributed by atoms with E-state index in [2.05, 4.69) is 15.5 Å². The van der Waals surface area contributed by atoms with Crippen molar-refractivity contribution in [2.75, 3.05) is 36.5 Å². The van der Waals surface area contributed by atoms with Gasteiger partial charge in [-0.25, -0.2) is 14.8 Å². The van der Waals surface area contributed by atoms with Gasteiger partial charge in [0, 0.05) is 42.0 Å². The zero-order chi connectivity index (χ0) is 21.0. The van der Waals surface area contributed by atoms with E-state index in [1.807, 2.05) is 60.7 Å². The van der Waals surface area contributed by atoms with Crippen LogP contribution in [0.3, 0.4) is 0 Å². The second-order valence-corrected chi connectivity index (χ2v) is 7.85. The van der Waals surface area contributed by atoms with E-state index in [1.165, 1.54) is 0 Å². The molecule has 2 aromatic carbocycles. The van der Waals surface area contributed by atoms with E-state index < -0.39 is 0 Å². The van der Waals surface area contributed by atoms with Crippen LogP contribution in [0.4, 0.5) is 16.3 Å². The largest absolute Gasteiger partial charge is 0.378 e. The molecule has 0 radical (unpaired) electrons. The van der Waals surface area contributed by atoms with Crippen molar-refractivity contribution in [1.82, 2.24) is 15.3 Å². The molecule has 0 bridgehead atoms. The predicted octanol–water partition coefficient (Wildman–Crippen LogP) is 3.93. The fourth-order valence-corrected chi connectivity index (χ4v) is 3.56. The van der Waals surface area contributed by atoms with Gasteiger partial charge in [0.05, 0.1) is 18.9 Å². The number of ether oxygens (including phenoxy) is 1. The van der Waals surface area contributed by atoms with E-state index >= 15 is 0 Å². The normalized spacial score (nSPS) is 16.1.